The second kappa shape index (κ2) is 8.71. The fourth-order valence-corrected chi connectivity index (χ4v) is 2.74. The van der Waals surface area contributed by atoms with Crippen LogP contribution in [0.5, 0.6) is 5.75 Å². The van der Waals surface area contributed by atoms with Crippen molar-refractivity contribution in [2.75, 3.05) is 32.2 Å². The minimum atomic E-state index is -0.533. The summed E-state index contributed by atoms with van der Waals surface area (Å²) >= 11 is 0. The van der Waals surface area contributed by atoms with Gasteiger partial charge in [-0.25, -0.2) is 0 Å². The summed E-state index contributed by atoms with van der Waals surface area (Å²) in [6, 6.07) is 14.1. The van der Waals surface area contributed by atoms with Gasteiger partial charge in [-0.15, -0.1) is 0 Å². The van der Waals surface area contributed by atoms with Crippen LogP contribution in [-0.4, -0.2) is 38.5 Å². The van der Waals surface area contributed by atoms with E-state index in [0.717, 1.165) is 17.0 Å². The topological polar surface area (TPSA) is 41.9 Å². The van der Waals surface area contributed by atoms with Crippen molar-refractivity contribution < 1.29 is 14.6 Å². The highest BCUT2D eigenvalue weighted by Crippen LogP contribution is 2.20. The first-order chi connectivity index (χ1) is 11.5. The van der Waals surface area contributed by atoms with Crippen LogP contribution in [0.3, 0.4) is 0 Å². The highest BCUT2D eigenvalue weighted by Gasteiger charge is 2.11. The lowest BCUT2D eigenvalue weighted by Crippen LogP contribution is -2.32. The van der Waals surface area contributed by atoms with E-state index in [4.69, 9.17) is 9.47 Å². The molecular formula is C20H27NO3. The molecule has 0 fully saturated rings. The summed E-state index contributed by atoms with van der Waals surface area (Å²) in [7, 11) is 3.64. The van der Waals surface area contributed by atoms with E-state index in [1.165, 1.54) is 11.1 Å². The molecule has 2 aromatic carbocycles. The number of aliphatic hydroxyl groups excluding tert-OH is 1. The smallest absolute Gasteiger partial charge is 0.118 e. The molecule has 0 aromatic heterocycles. The maximum atomic E-state index is 10.2. The normalized spacial score (nSPS) is 12.0. The average molecular weight is 329 g/mol. The molecule has 4 nitrogen and oxygen atoms in total. The summed E-state index contributed by atoms with van der Waals surface area (Å²) in [5.41, 5.74) is 4.65. The molecule has 0 saturated heterocycles. The summed E-state index contributed by atoms with van der Waals surface area (Å²) in [4.78, 5) is 2.07. The molecule has 4 heteroatoms. The van der Waals surface area contributed by atoms with Crippen LogP contribution in [0.1, 0.15) is 16.7 Å². The van der Waals surface area contributed by atoms with Gasteiger partial charge >= 0.3 is 0 Å². The van der Waals surface area contributed by atoms with Gasteiger partial charge in [-0.05, 0) is 43.2 Å². The third kappa shape index (κ3) is 5.25. The summed E-state index contributed by atoms with van der Waals surface area (Å²) in [5, 5.41) is 10.2. The monoisotopic (exact) mass is 329 g/mol. The second-order valence-corrected chi connectivity index (χ2v) is 6.19. The highest BCUT2D eigenvalue weighted by molar-refractivity contribution is 5.53. The van der Waals surface area contributed by atoms with E-state index in [9.17, 15) is 5.11 Å². The molecule has 0 radical (unpaired) electrons. The van der Waals surface area contributed by atoms with Gasteiger partial charge in [0.2, 0.25) is 0 Å². The highest BCUT2D eigenvalue weighted by atomic mass is 16.5. The standard InChI is InChI=1S/C20H27NO3/c1-15-5-10-20(16(2)11-15)21(3)12-18(22)14-24-13-17-6-8-19(23-4)9-7-17/h5-11,18,22H,12-14H2,1-4H3/t18-/m1/s1. The number of nitrogens with zero attached hydrogens (tertiary/aromatic N) is 1. The van der Waals surface area contributed by atoms with E-state index < -0.39 is 6.10 Å². The third-order valence-electron chi connectivity index (χ3n) is 3.99. The summed E-state index contributed by atoms with van der Waals surface area (Å²) < 4.78 is 10.8. The number of likely N-dealkylation sites (N-methyl/N-ethyl adjacent to an activating group) is 1. The number of benzene rings is 2. The lowest BCUT2D eigenvalue weighted by molar-refractivity contribution is 0.0324. The zero-order valence-corrected chi connectivity index (χ0v) is 15.0. The zero-order chi connectivity index (χ0) is 17.5. The Morgan fingerprint density at radius 2 is 1.79 bits per heavy atom. The van der Waals surface area contributed by atoms with Gasteiger partial charge in [0, 0.05) is 19.3 Å². The molecular weight excluding hydrogens is 302 g/mol. The van der Waals surface area contributed by atoms with Crippen molar-refractivity contribution in [3.8, 4) is 5.75 Å². The van der Waals surface area contributed by atoms with E-state index in [-0.39, 0.29) is 0 Å². The van der Waals surface area contributed by atoms with Crippen LogP contribution >= 0.6 is 0 Å². The number of aryl methyl sites for hydroxylation is 2. The molecule has 0 aliphatic rings. The quantitative estimate of drug-likeness (QED) is 0.807. The van der Waals surface area contributed by atoms with E-state index in [2.05, 4.69) is 36.9 Å². The lowest BCUT2D eigenvalue weighted by Gasteiger charge is -2.24. The Kier molecular flexibility index (Phi) is 6.64. The number of anilines is 1. The molecule has 0 spiro atoms. The molecule has 0 aliphatic carbocycles. The Hall–Kier alpha value is -2.04. The van der Waals surface area contributed by atoms with Crippen LogP contribution in [-0.2, 0) is 11.3 Å². The van der Waals surface area contributed by atoms with E-state index in [0.29, 0.717) is 19.8 Å². The Balaban J connectivity index is 1.78. The van der Waals surface area contributed by atoms with Crippen molar-refractivity contribution in [1.29, 1.82) is 0 Å². The van der Waals surface area contributed by atoms with Gasteiger partial charge < -0.3 is 19.5 Å². The summed E-state index contributed by atoms with van der Waals surface area (Å²) in [6.45, 7) is 5.49. The van der Waals surface area contributed by atoms with E-state index in [1.54, 1.807) is 7.11 Å². The first-order valence-corrected chi connectivity index (χ1v) is 8.16. The number of rotatable bonds is 8. The van der Waals surface area contributed by atoms with Crippen molar-refractivity contribution in [3.05, 3.63) is 59.2 Å². The van der Waals surface area contributed by atoms with Crippen LogP contribution < -0.4 is 9.64 Å². The fourth-order valence-electron chi connectivity index (χ4n) is 2.74. The van der Waals surface area contributed by atoms with Gasteiger partial charge in [-0.3, -0.25) is 0 Å². The first-order valence-electron chi connectivity index (χ1n) is 8.16. The molecule has 0 heterocycles. The number of methoxy groups -OCH3 is 1. The minimum Gasteiger partial charge on any atom is -0.497 e. The third-order valence-corrected chi connectivity index (χ3v) is 3.99. The van der Waals surface area contributed by atoms with Gasteiger partial charge in [-0.2, -0.15) is 0 Å². The Morgan fingerprint density at radius 1 is 1.08 bits per heavy atom. The van der Waals surface area contributed by atoms with Crippen LogP contribution in [0.15, 0.2) is 42.5 Å². The molecule has 2 rings (SSSR count). The second-order valence-electron chi connectivity index (χ2n) is 6.19. The molecule has 0 unspecified atom stereocenters. The minimum absolute atomic E-state index is 0.307. The van der Waals surface area contributed by atoms with Crippen molar-refractivity contribution >= 4 is 5.69 Å². The summed E-state index contributed by atoms with van der Waals surface area (Å²) in [6.07, 6.45) is -0.533. The van der Waals surface area contributed by atoms with E-state index in [1.807, 2.05) is 31.3 Å². The Bertz CT molecular complexity index is 640. The molecule has 24 heavy (non-hydrogen) atoms. The van der Waals surface area contributed by atoms with Crippen LogP contribution in [0.25, 0.3) is 0 Å². The SMILES string of the molecule is COc1ccc(COC[C@H](O)CN(C)c2ccc(C)cc2C)cc1. The van der Waals surface area contributed by atoms with Crippen molar-refractivity contribution in [1.82, 2.24) is 0 Å². The number of hydrogen-bond acceptors (Lipinski definition) is 4. The molecule has 1 N–H and O–H groups in total. The van der Waals surface area contributed by atoms with Gasteiger partial charge in [0.1, 0.15) is 5.75 Å². The van der Waals surface area contributed by atoms with Crippen molar-refractivity contribution in [3.63, 3.8) is 0 Å². The molecule has 0 bridgehead atoms. The van der Waals surface area contributed by atoms with E-state index >= 15 is 0 Å². The maximum Gasteiger partial charge on any atom is 0.118 e. The van der Waals surface area contributed by atoms with Gasteiger partial charge in [0.15, 0.2) is 0 Å². The fraction of sp³-hybridized carbons (Fsp3) is 0.400. The van der Waals surface area contributed by atoms with Gasteiger partial charge in [0.25, 0.3) is 0 Å². The predicted octanol–water partition coefficient (Wildman–Crippen LogP) is 3.33. The van der Waals surface area contributed by atoms with Crippen LogP contribution in [0, 0.1) is 13.8 Å². The van der Waals surface area contributed by atoms with Crippen molar-refractivity contribution in [2.24, 2.45) is 0 Å². The molecule has 0 amide bonds. The maximum absolute atomic E-state index is 10.2. The Morgan fingerprint density at radius 3 is 2.42 bits per heavy atom. The molecule has 2 aromatic rings. The first kappa shape index (κ1) is 18.3. The van der Waals surface area contributed by atoms with Crippen LogP contribution in [0.2, 0.25) is 0 Å². The molecule has 0 aliphatic heterocycles. The Labute approximate surface area is 144 Å². The van der Waals surface area contributed by atoms with Gasteiger partial charge in [0.05, 0.1) is 26.4 Å². The summed E-state index contributed by atoms with van der Waals surface area (Å²) in [5.74, 6) is 0.828. The largest absolute Gasteiger partial charge is 0.497 e. The number of hydrogen-bond donors (Lipinski definition) is 1. The number of aliphatic hydroxyl groups is 1. The lowest BCUT2D eigenvalue weighted by atomic mass is 10.1. The average Bonchev–Trinajstić information content (AvgIpc) is 2.55. The predicted molar refractivity (Wildman–Crippen MR) is 97.8 cm³/mol. The van der Waals surface area contributed by atoms with Crippen LogP contribution in [0.4, 0.5) is 5.69 Å². The molecule has 0 saturated carbocycles. The van der Waals surface area contributed by atoms with Gasteiger partial charge in [-0.1, -0.05) is 29.8 Å². The van der Waals surface area contributed by atoms with Crippen molar-refractivity contribution in [2.45, 2.75) is 26.6 Å². The zero-order valence-electron chi connectivity index (χ0n) is 15.0. The molecule has 130 valence electrons. The molecule has 1 atom stereocenters. The number of ether oxygens (including phenoxy) is 2.